The number of nitrogens with zero attached hydrogens (tertiary/aromatic N) is 2. The Balaban J connectivity index is 1.06. The summed E-state index contributed by atoms with van der Waals surface area (Å²) in [5, 5.41) is 67.1. The third kappa shape index (κ3) is 5.72. The zero-order valence-corrected chi connectivity index (χ0v) is 35.3. The highest BCUT2D eigenvalue weighted by atomic mass is 32.2. The number of aromatic hydroxyl groups is 5. The number of aromatic nitrogens is 1. The van der Waals surface area contributed by atoms with Gasteiger partial charge in [-0.15, -0.1) is 0 Å². The molecule has 9 heteroatoms. The van der Waals surface area contributed by atoms with E-state index in [4.69, 9.17) is 7.85 Å². The number of phenolic OH excluding ortho intramolecular Hbond substituents is 5. The summed E-state index contributed by atoms with van der Waals surface area (Å²) in [5.74, 6) is -1.96. The van der Waals surface area contributed by atoms with Gasteiger partial charge in [0, 0.05) is 27.7 Å². The van der Waals surface area contributed by atoms with Gasteiger partial charge in [0.2, 0.25) is 0 Å². The van der Waals surface area contributed by atoms with Crippen molar-refractivity contribution >= 4 is 85.5 Å². The van der Waals surface area contributed by atoms with E-state index in [1.54, 1.807) is 11.0 Å². The van der Waals surface area contributed by atoms with Gasteiger partial charge >= 0.3 is 0 Å². The maximum Gasteiger partial charge on any atom is 0.184 e. The lowest BCUT2D eigenvalue weighted by atomic mass is 9.83. The topological polar surface area (TPSA) is 109 Å². The number of hydrogen-bond acceptors (Lipinski definition) is 7. The second-order valence-corrected chi connectivity index (χ2v) is 17.2. The number of fused-ring (bicyclic) bond motifs is 7. The van der Waals surface area contributed by atoms with E-state index in [-0.39, 0.29) is 55.0 Å². The Morgan fingerprint density at radius 3 is 1.49 bits per heavy atom. The van der Waals surface area contributed by atoms with Crippen LogP contribution < -0.4 is 10.4 Å². The fourth-order valence-corrected chi connectivity index (χ4v) is 10.9. The van der Waals surface area contributed by atoms with Crippen molar-refractivity contribution < 1.29 is 25.5 Å². The van der Waals surface area contributed by atoms with Crippen molar-refractivity contribution in [1.82, 2.24) is 4.57 Å². The van der Waals surface area contributed by atoms with E-state index in [0.29, 0.717) is 16.8 Å². The molecular formula is C56H35BN2O5S. The second kappa shape index (κ2) is 14.7. The molecule has 11 aromatic rings. The van der Waals surface area contributed by atoms with E-state index < -0.39 is 11.5 Å². The normalized spacial score (nSPS) is 12.3. The van der Waals surface area contributed by atoms with Crippen LogP contribution in [0.4, 0.5) is 17.1 Å². The van der Waals surface area contributed by atoms with Crippen molar-refractivity contribution in [3.8, 4) is 67.8 Å². The highest BCUT2D eigenvalue weighted by Gasteiger charge is 2.39. The van der Waals surface area contributed by atoms with Gasteiger partial charge in [0.25, 0.3) is 0 Å². The molecule has 1 aliphatic rings. The molecule has 10 aromatic carbocycles. The maximum absolute atomic E-state index is 12.5. The highest BCUT2D eigenvalue weighted by molar-refractivity contribution is 8.00. The van der Waals surface area contributed by atoms with Crippen molar-refractivity contribution in [3.63, 3.8) is 0 Å². The van der Waals surface area contributed by atoms with E-state index in [1.165, 1.54) is 10.8 Å². The number of hydrogen-bond donors (Lipinski definition) is 5. The molecule has 2 radical (unpaired) electrons. The average molecular weight is 859 g/mol. The van der Waals surface area contributed by atoms with Crippen LogP contribution in [0.15, 0.2) is 192 Å². The summed E-state index contributed by atoms with van der Waals surface area (Å²) in [6.45, 7) is 0. The third-order valence-electron chi connectivity index (χ3n) is 12.7. The van der Waals surface area contributed by atoms with Crippen LogP contribution in [0.2, 0.25) is 0 Å². The summed E-state index contributed by atoms with van der Waals surface area (Å²) in [4.78, 5) is 1.89. The molecule has 12 rings (SSSR count). The van der Waals surface area contributed by atoms with Crippen LogP contribution in [-0.2, 0) is 0 Å². The minimum absolute atomic E-state index is 0.00890. The summed E-state index contributed by atoms with van der Waals surface area (Å²) in [6, 6.07) is 59.1. The summed E-state index contributed by atoms with van der Waals surface area (Å²) < 4.78 is 2.27. The molecule has 308 valence electrons. The Morgan fingerprint density at radius 2 is 0.877 bits per heavy atom. The summed E-state index contributed by atoms with van der Waals surface area (Å²) in [7, 11) is 6.86. The lowest BCUT2D eigenvalue weighted by Gasteiger charge is -2.36. The van der Waals surface area contributed by atoms with Crippen LogP contribution >= 0.6 is 11.8 Å². The second-order valence-electron chi connectivity index (χ2n) is 16.2. The molecule has 0 saturated carbocycles. The number of para-hydroxylation sites is 2. The van der Waals surface area contributed by atoms with Gasteiger partial charge in [-0.2, -0.15) is 0 Å². The summed E-state index contributed by atoms with van der Waals surface area (Å²) >= 11 is 0.979. The molecule has 5 N–H and O–H groups in total. The van der Waals surface area contributed by atoms with Crippen LogP contribution in [-0.4, -0.2) is 37.9 Å². The van der Waals surface area contributed by atoms with E-state index in [1.807, 2.05) is 127 Å². The van der Waals surface area contributed by atoms with Gasteiger partial charge in [0.15, 0.2) is 11.5 Å². The monoisotopic (exact) mass is 858 g/mol. The summed E-state index contributed by atoms with van der Waals surface area (Å²) in [5.41, 5.74) is 6.86. The molecule has 0 saturated heterocycles. The molecule has 1 aliphatic heterocycles. The Kier molecular flexibility index (Phi) is 8.66. The third-order valence-corrected chi connectivity index (χ3v) is 13.9. The Morgan fingerprint density at radius 1 is 0.385 bits per heavy atom. The van der Waals surface area contributed by atoms with Gasteiger partial charge in [-0.3, -0.25) is 0 Å². The van der Waals surface area contributed by atoms with Crippen molar-refractivity contribution in [2.45, 2.75) is 9.79 Å². The van der Waals surface area contributed by atoms with Gasteiger partial charge in [0.1, 0.15) is 36.5 Å². The molecule has 2 heterocycles. The largest absolute Gasteiger partial charge is 0.506 e. The zero-order valence-electron chi connectivity index (χ0n) is 34.4. The first-order chi connectivity index (χ1) is 31.8. The quantitative estimate of drug-likeness (QED) is 0.0666. The molecule has 0 amide bonds. The Bertz CT molecular complexity index is 3580. The fraction of sp³-hybridized carbons (Fsp3) is 0. The minimum atomic E-state index is -0.547. The lowest BCUT2D eigenvalue weighted by Crippen LogP contribution is -2.20. The molecule has 0 unspecified atom stereocenters. The van der Waals surface area contributed by atoms with Crippen LogP contribution in [0.25, 0.3) is 82.4 Å². The molecule has 0 bridgehead atoms. The predicted molar refractivity (Wildman–Crippen MR) is 265 cm³/mol. The Labute approximate surface area is 378 Å². The maximum atomic E-state index is 12.5. The predicted octanol–water partition coefficient (Wildman–Crippen LogP) is 13.3. The van der Waals surface area contributed by atoms with Crippen molar-refractivity contribution in [1.29, 1.82) is 0 Å². The minimum Gasteiger partial charge on any atom is -0.506 e. The first-order valence-electron chi connectivity index (χ1n) is 21.1. The van der Waals surface area contributed by atoms with Gasteiger partial charge < -0.3 is 35.0 Å². The van der Waals surface area contributed by atoms with Crippen LogP contribution in [0.1, 0.15) is 0 Å². The smallest absolute Gasteiger partial charge is 0.184 e. The standard InChI is InChI=1S/C56H35BN2O5S/c57-47-45(41-22-10-14-32-12-1-3-18-37(32)41)51(61)55-48(53(47)63)59(49-54(64)50(60)46(52(62)56(49)65-55)42-23-11-15-33-13-2-4-19-38(33)42)35-28-26-31(27-29-35)34-16-9-17-36(30-34)58-43-24-7-5-20-39(43)40-21-6-8-25-44(40)58/h1-30,60-64H. The van der Waals surface area contributed by atoms with Gasteiger partial charge in [-0.1, -0.05) is 157 Å². The van der Waals surface area contributed by atoms with E-state index in [0.717, 1.165) is 61.2 Å². The molecule has 0 aliphatic carbocycles. The van der Waals surface area contributed by atoms with E-state index in [9.17, 15) is 25.5 Å². The molecule has 0 atom stereocenters. The first kappa shape index (κ1) is 38.4. The number of anilines is 3. The fourth-order valence-electron chi connectivity index (χ4n) is 9.71. The highest BCUT2D eigenvalue weighted by Crippen LogP contribution is 2.66. The first-order valence-corrected chi connectivity index (χ1v) is 21.9. The Hall–Kier alpha value is -8.27. The van der Waals surface area contributed by atoms with E-state index >= 15 is 0 Å². The molecule has 0 fully saturated rings. The van der Waals surface area contributed by atoms with Crippen molar-refractivity contribution in [2.24, 2.45) is 0 Å². The number of rotatable bonds is 5. The SMILES string of the molecule is [B]c1c(O)c2c(c(O)c1-c1cccc3ccccc13)Sc1c(O)c(-c3cccc4ccccc34)c(O)c(O)c1N2c1ccc(-c2cccc(-n3c4ccccc4c4ccccc43)c2)cc1. The number of phenols is 5. The van der Waals surface area contributed by atoms with Gasteiger partial charge in [0.05, 0.1) is 26.4 Å². The van der Waals surface area contributed by atoms with Gasteiger partial charge in [-0.05, 0) is 85.7 Å². The summed E-state index contributed by atoms with van der Waals surface area (Å²) in [6.07, 6.45) is 0. The molecule has 65 heavy (non-hydrogen) atoms. The van der Waals surface area contributed by atoms with Crippen molar-refractivity contribution in [3.05, 3.63) is 182 Å². The average Bonchev–Trinajstić information content (AvgIpc) is 3.69. The van der Waals surface area contributed by atoms with Crippen LogP contribution in [0.5, 0.6) is 28.7 Å². The molecular weight excluding hydrogens is 824 g/mol. The van der Waals surface area contributed by atoms with Crippen LogP contribution in [0, 0.1) is 0 Å². The van der Waals surface area contributed by atoms with Crippen LogP contribution in [0.3, 0.4) is 0 Å². The molecule has 0 spiro atoms. The molecule has 7 nitrogen and oxygen atoms in total. The van der Waals surface area contributed by atoms with E-state index in [2.05, 4.69) is 53.1 Å². The van der Waals surface area contributed by atoms with Gasteiger partial charge in [-0.25, -0.2) is 0 Å². The van der Waals surface area contributed by atoms with Crippen molar-refractivity contribution in [2.75, 3.05) is 4.90 Å². The number of benzene rings is 10. The molecule has 1 aromatic heterocycles. The zero-order chi connectivity index (χ0) is 44.1. The lowest BCUT2D eigenvalue weighted by molar-refractivity contribution is 0.395.